The van der Waals surface area contributed by atoms with E-state index >= 15 is 0 Å². The van der Waals surface area contributed by atoms with Gasteiger partial charge in [0.2, 0.25) is 0 Å². The van der Waals surface area contributed by atoms with Gasteiger partial charge in [0, 0.05) is 12.1 Å². The van der Waals surface area contributed by atoms with Gasteiger partial charge in [-0.2, -0.15) is 0 Å². The monoisotopic (exact) mass is 333 g/mol. The van der Waals surface area contributed by atoms with Crippen LogP contribution in [0.5, 0.6) is 0 Å². The SMILES string of the molecule is C[C@H](NC(=O)c1ccc([N+](=O)[O-])cc1[N+](=O)[O-])[C@@H]1C[C@H]2CC[C@H]1C2. The summed E-state index contributed by atoms with van der Waals surface area (Å²) < 4.78 is 0. The van der Waals surface area contributed by atoms with Crippen molar-refractivity contribution in [3.05, 3.63) is 44.0 Å². The fourth-order valence-electron chi connectivity index (χ4n) is 4.27. The number of nitro groups is 2. The highest BCUT2D eigenvalue weighted by molar-refractivity contribution is 5.98. The second kappa shape index (κ2) is 6.18. The summed E-state index contributed by atoms with van der Waals surface area (Å²) in [5.74, 6) is 1.22. The quantitative estimate of drug-likeness (QED) is 0.656. The van der Waals surface area contributed by atoms with E-state index in [2.05, 4.69) is 5.32 Å². The number of benzene rings is 1. The lowest BCUT2D eigenvalue weighted by Gasteiger charge is -2.28. The van der Waals surface area contributed by atoms with E-state index in [9.17, 15) is 25.0 Å². The number of non-ortho nitro benzene ring substituents is 1. The number of carbonyl (C=O) groups excluding carboxylic acids is 1. The van der Waals surface area contributed by atoms with E-state index in [1.807, 2.05) is 6.92 Å². The number of amides is 1. The van der Waals surface area contributed by atoms with E-state index in [-0.39, 0.29) is 11.6 Å². The molecule has 2 fully saturated rings. The van der Waals surface area contributed by atoms with Crippen molar-refractivity contribution in [1.29, 1.82) is 0 Å². The van der Waals surface area contributed by atoms with Crippen molar-refractivity contribution in [3.8, 4) is 0 Å². The Balaban J connectivity index is 1.77. The molecule has 0 saturated heterocycles. The molecule has 0 unspecified atom stereocenters. The Morgan fingerprint density at radius 2 is 1.96 bits per heavy atom. The van der Waals surface area contributed by atoms with Gasteiger partial charge < -0.3 is 5.32 Å². The van der Waals surface area contributed by atoms with E-state index in [1.165, 1.54) is 19.3 Å². The van der Waals surface area contributed by atoms with Gasteiger partial charge in [-0.05, 0) is 50.0 Å². The molecule has 8 heteroatoms. The summed E-state index contributed by atoms with van der Waals surface area (Å²) in [5.41, 5.74) is -1.08. The molecule has 0 aromatic heterocycles. The first-order chi connectivity index (χ1) is 11.4. The molecule has 0 aliphatic heterocycles. The zero-order valence-corrected chi connectivity index (χ0v) is 13.3. The molecule has 0 spiro atoms. The van der Waals surface area contributed by atoms with Crippen LogP contribution in [-0.4, -0.2) is 21.8 Å². The van der Waals surface area contributed by atoms with Crippen LogP contribution in [0.1, 0.15) is 43.0 Å². The van der Waals surface area contributed by atoms with Crippen molar-refractivity contribution in [2.45, 2.75) is 38.6 Å². The summed E-state index contributed by atoms with van der Waals surface area (Å²) in [7, 11) is 0. The van der Waals surface area contributed by atoms with Crippen LogP contribution in [0.15, 0.2) is 18.2 Å². The highest BCUT2D eigenvalue weighted by Crippen LogP contribution is 2.49. The predicted molar refractivity (Wildman–Crippen MR) is 85.6 cm³/mol. The molecule has 2 aliphatic rings. The molecule has 4 atom stereocenters. The maximum absolute atomic E-state index is 12.4. The predicted octanol–water partition coefficient (Wildman–Crippen LogP) is 3.06. The summed E-state index contributed by atoms with van der Waals surface area (Å²) in [6.45, 7) is 1.93. The van der Waals surface area contributed by atoms with Crippen LogP contribution < -0.4 is 5.32 Å². The molecule has 1 aromatic carbocycles. The number of fused-ring (bicyclic) bond motifs is 2. The second-order valence-electron chi connectivity index (χ2n) is 6.82. The largest absolute Gasteiger partial charge is 0.349 e. The average Bonchev–Trinajstić information content (AvgIpc) is 3.17. The number of rotatable bonds is 5. The lowest BCUT2D eigenvalue weighted by Crippen LogP contribution is -2.40. The molecule has 0 radical (unpaired) electrons. The molecular weight excluding hydrogens is 314 g/mol. The molecule has 24 heavy (non-hydrogen) atoms. The Morgan fingerprint density at radius 3 is 2.50 bits per heavy atom. The maximum Gasteiger partial charge on any atom is 0.289 e. The van der Waals surface area contributed by atoms with Gasteiger partial charge in [0.1, 0.15) is 5.56 Å². The molecule has 2 saturated carbocycles. The van der Waals surface area contributed by atoms with Crippen molar-refractivity contribution < 1.29 is 14.6 Å². The number of carbonyl (C=O) groups is 1. The second-order valence-corrected chi connectivity index (χ2v) is 6.82. The van der Waals surface area contributed by atoms with Crippen molar-refractivity contribution in [2.24, 2.45) is 17.8 Å². The number of hydrogen-bond donors (Lipinski definition) is 1. The first-order valence-electron chi connectivity index (χ1n) is 8.10. The topological polar surface area (TPSA) is 115 Å². The molecule has 1 amide bonds. The van der Waals surface area contributed by atoms with E-state index in [0.717, 1.165) is 30.5 Å². The van der Waals surface area contributed by atoms with Gasteiger partial charge in [0.05, 0.1) is 15.9 Å². The van der Waals surface area contributed by atoms with Crippen LogP contribution in [0.4, 0.5) is 11.4 Å². The van der Waals surface area contributed by atoms with Gasteiger partial charge in [-0.15, -0.1) is 0 Å². The number of hydrogen-bond acceptors (Lipinski definition) is 5. The minimum absolute atomic E-state index is 0.0670. The molecule has 0 heterocycles. The smallest absolute Gasteiger partial charge is 0.289 e. The van der Waals surface area contributed by atoms with Crippen LogP contribution >= 0.6 is 0 Å². The van der Waals surface area contributed by atoms with E-state index < -0.39 is 27.1 Å². The van der Waals surface area contributed by atoms with E-state index in [0.29, 0.717) is 11.8 Å². The summed E-state index contributed by atoms with van der Waals surface area (Å²) in [6, 6.07) is 3.03. The van der Waals surface area contributed by atoms with Crippen molar-refractivity contribution in [2.75, 3.05) is 0 Å². The Morgan fingerprint density at radius 1 is 1.21 bits per heavy atom. The normalized spacial score (nSPS) is 26.1. The summed E-state index contributed by atoms with van der Waals surface area (Å²) >= 11 is 0. The third-order valence-corrected chi connectivity index (χ3v) is 5.43. The van der Waals surface area contributed by atoms with Crippen LogP contribution in [0.2, 0.25) is 0 Å². The van der Waals surface area contributed by atoms with Gasteiger partial charge in [-0.3, -0.25) is 25.0 Å². The zero-order chi connectivity index (χ0) is 17.4. The number of nitrogens with one attached hydrogen (secondary N) is 1. The van der Waals surface area contributed by atoms with Crippen LogP contribution in [0.25, 0.3) is 0 Å². The summed E-state index contributed by atoms with van der Waals surface area (Å²) in [5, 5.41) is 24.8. The first kappa shape index (κ1) is 16.4. The van der Waals surface area contributed by atoms with Crippen molar-refractivity contribution in [1.82, 2.24) is 5.32 Å². The molecule has 1 aromatic rings. The van der Waals surface area contributed by atoms with Gasteiger partial charge in [0.15, 0.2) is 0 Å². The lowest BCUT2D eigenvalue weighted by molar-refractivity contribution is -0.394. The van der Waals surface area contributed by atoms with Gasteiger partial charge in [0.25, 0.3) is 17.3 Å². The molecule has 3 rings (SSSR count). The van der Waals surface area contributed by atoms with Crippen molar-refractivity contribution in [3.63, 3.8) is 0 Å². The summed E-state index contributed by atoms with van der Waals surface area (Å²) in [4.78, 5) is 32.9. The fourth-order valence-corrected chi connectivity index (χ4v) is 4.27. The first-order valence-corrected chi connectivity index (χ1v) is 8.10. The molecule has 2 bridgehead atoms. The highest BCUT2D eigenvalue weighted by atomic mass is 16.6. The molecule has 2 aliphatic carbocycles. The molecule has 8 nitrogen and oxygen atoms in total. The number of nitrogens with zero attached hydrogens (tertiary/aromatic N) is 2. The van der Waals surface area contributed by atoms with Crippen LogP contribution in [0.3, 0.4) is 0 Å². The van der Waals surface area contributed by atoms with Crippen LogP contribution in [0, 0.1) is 38.0 Å². The maximum atomic E-state index is 12.4. The fraction of sp³-hybridized carbons (Fsp3) is 0.562. The van der Waals surface area contributed by atoms with Gasteiger partial charge in [-0.1, -0.05) is 6.42 Å². The standard InChI is InChI=1S/C16H19N3O5/c1-9(14-7-10-2-3-11(14)6-10)17-16(20)13-5-4-12(18(21)22)8-15(13)19(23)24/h4-5,8-11,14H,2-3,6-7H2,1H3,(H,17,20)/t9-,10-,11-,14-/m0/s1. The third-order valence-electron chi connectivity index (χ3n) is 5.43. The minimum atomic E-state index is -0.760. The highest BCUT2D eigenvalue weighted by Gasteiger charge is 2.42. The average molecular weight is 333 g/mol. The summed E-state index contributed by atoms with van der Waals surface area (Å²) in [6.07, 6.45) is 4.75. The van der Waals surface area contributed by atoms with Crippen LogP contribution in [-0.2, 0) is 0 Å². The third kappa shape index (κ3) is 2.95. The van der Waals surface area contributed by atoms with Gasteiger partial charge >= 0.3 is 0 Å². The van der Waals surface area contributed by atoms with E-state index in [1.54, 1.807) is 0 Å². The Hall–Kier alpha value is -2.51. The van der Waals surface area contributed by atoms with E-state index in [4.69, 9.17) is 0 Å². The lowest BCUT2D eigenvalue weighted by atomic mass is 9.84. The van der Waals surface area contributed by atoms with Crippen molar-refractivity contribution >= 4 is 17.3 Å². The molecule has 1 N–H and O–H groups in total. The number of nitro benzene ring substituents is 2. The van der Waals surface area contributed by atoms with Gasteiger partial charge in [-0.25, -0.2) is 0 Å². The Labute approximate surface area is 138 Å². The minimum Gasteiger partial charge on any atom is -0.349 e. The Bertz CT molecular complexity index is 705. The Kier molecular flexibility index (Phi) is 4.21. The zero-order valence-electron chi connectivity index (χ0n) is 13.3. The molecular formula is C16H19N3O5. The molecule has 128 valence electrons.